The molecule has 0 heterocycles. The van der Waals surface area contributed by atoms with Gasteiger partial charge in [-0.3, -0.25) is 4.79 Å². The van der Waals surface area contributed by atoms with Crippen LogP contribution >= 0.6 is 11.6 Å². The van der Waals surface area contributed by atoms with Gasteiger partial charge in [-0.2, -0.15) is 0 Å². The van der Waals surface area contributed by atoms with Gasteiger partial charge in [0, 0.05) is 0 Å². The number of para-hydroxylation sites is 1. The van der Waals surface area contributed by atoms with Crippen molar-refractivity contribution in [2.24, 2.45) is 0 Å². The Balaban J connectivity index is 1.89. The number of nitrogens with one attached hydrogen (secondary N) is 1. The summed E-state index contributed by atoms with van der Waals surface area (Å²) >= 11 is 5.86. The summed E-state index contributed by atoms with van der Waals surface area (Å²) in [5.74, 6) is -0.945. The van der Waals surface area contributed by atoms with E-state index in [1.807, 2.05) is 32.0 Å². The molecule has 0 saturated carbocycles. The second-order valence-electron chi connectivity index (χ2n) is 6.23. The Morgan fingerprint density at radius 2 is 1.85 bits per heavy atom. The van der Waals surface area contributed by atoms with E-state index in [0.29, 0.717) is 5.75 Å². The van der Waals surface area contributed by atoms with Crippen LogP contribution in [0.5, 0.6) is 5.75 Å². The van der Waals surface area contributed by atoms with Gasteiger partial charge in [0.25, 0.3) is 5.91 Å². The first-order valence-electron chi connectivity index (χ1n) is 8.45. The van der Waals surface area contributed by atoms with E-state index < -0.39 is 23.8 Å². The van der Waals surface area contributed by atoms with Crippen molar-refractivity contribution in [3.05, 3.63) is 58.9 Å². The van der Waals surface area contributed by atoms with E-state index in [1.54, 1.807) is 6.07 Å². The van der Waals surface area contributed by atoms with Crippen molar-refractivity contribution in [3.63, 3.8) is 0 Å². The van der Waals surface area contributed by atoms with Gasteiger partial charge in [-0.15, -0.1) is 0 Å². The van der Waals surface area contributed by atoms with E-state index in [0.717, 1.165) is 17.7 Å². The van der Waals surface area contributed by atoms with Crippen LogP contribution in [0.15, 0.2) is 42.5 Å². The zero-order chi connectivity index (χ0) is 20.0. The van der Waals surface area contributed by atoms with Gasteiger partial charge in [0.05, 0.1) is 10.7 Å². The van der Waals surface area contributed by atoms with Gasteiger partial charge in [0.2, 0.25) is 0 Å². The molecule has 1 atom stereocenters. The van der Waals surface area contributed by atoms with Crippen molar-refractivity contribution in [1.82, 2.24) is 0 Å². The summed E-state index contributed by atoms with van der Waals surface area (Å²) in [7, 11) is 0. The van der Waals surface area contributed by atoms with E-state index >= 15 is 0 Å². The van der Waals surface area contributed by atoms with Gasteiger partial charge >= 0.3 is 5.97 Å². The van der Waals surface area contributed by atoms with Crippen molar-refractivity contribution in [2.45, 2.75) is 32.8 Å². The molecule has 1 amide bonds. The zero-order valence-electron chi connectivity index (χ0n) is 15.3. The van der Waals surface area contributed by atoms with Crippen LogP contribution in [0.1, 0.15) is 32.3 Å². The van der Waals surface area contributed by atoms with Crippen LogP contribution in [0.4, 0.5) is 10.1 Å². The van der Waals surface area contributed by atoms with Gasteiger partial charge in [-0.25, -0.2) is 9.18 Å². The molecule has 0 spiro atoms. The lowest BCUT2D eigenvalue weighted by molar-refractivity contribution is -0.155. The second-order valence-corrected chi connectivity index (χ2v) is 6.63. The van der Waals surface area contributed by atoms with Crippen LogP contribution in [0.2, 0.25) is 5.02 Å². The zero-order valence-corrected chi connectivity index (χ0v) is 16.0. The van der Waals surface area contributed by atoms with Crippen molar-refractivity contribution in [1.29, 1.82) is 0 Å². The molecule has 0 aliphatic carbocycles. The third-order valence-electron chi connectivity index (χ3n) is 3.75. The standard InChI is InChI=1S/C20H21ClFNO4/c1-12(2)15-6-4-5-7-18(15)26-11-19(24)27-13(3)20(25)23-17-9-8-14(22)10-16(17)21/h4-10,12-13H,11H2,1-3H3,(H,23,25)/t13-/m0/s1. The molecular formula is C20H21ClFNO4. The van der Waals surface area contributed by atoms with E-state index in [2.05, 4.69) is 5.32 Å². The second kappa shape index (κ2) is 9.37. The predicted molar refractivity (Wildman–Crippen MR) is 102 cm³/mol. The highest BCUT2D eigenvalue weighted by Gasteiger charge is 2.19. The SMILES string of the molecule is CC(C)c1ccccc1OCC(=O)O[C@@H](C)C(=O)Nc1ccc(F)cc1Cl. The van der Waals surface area contributed by atoms with Crippen molar-refractivity contribution < 1.29 is 23.5 Å². The van der Waals surface area contributed by atoms with Gasteiger partial charge in [0.15, 0.2) is 12.7 Å². The summed E-state index contributed by atoms with van der Waals surface area (Å²) in [6.45, 7) is 5.15. The lowest BCUT2D eigenvalue weighted by Gasteiger charge is -2.16. The molecule has 0 aliphatic heterocycles. The number of hydrogen-bond acceptors (Lipinski definition) is 4. The number of rotatable bonds is 7. The van der Waals surface area contributed by atoms with Crippen molar-refractivity contribution in [2.75, 3.05) is 11.9 Å². The molecule has 1 N–H and O–H groups in total. The maximum Gasteiger partial charge on any atom is 0.344 e. The van der Waals surface area contributed by atoms with Crippen LogP contribution < -0.4 is 10.1 Å². The number of esters is 1. The number of carbonyl (C=O) groups excluding carboxylic acids is 2. The van der Waals surface area contributed by atoms with Crippen molar-refractivity contribution >= 4 is 29.2 Å². The molecule has 0 aliphatic rings. The van der Waals surface area contributed by atoms with E-state index in [1.165, 1.54) is 13.0 Å². The smallest absolute Gasteiger partial charge is 0.344 e. The molecule has 0 saturated heterocycles. The number of benzene rings is 2. The van der Waals surface area contributed by atoms with Crippen LogP contribution in [-0.4, -0.2) is 24.6 Å². The molecule has 0 unspecified atom stereocenters. The summed E-state index contributed by atoms with van der Waals surface area (Å²) < 4.78 is 23.6. The Labute approximate surface area is 162 Å². The van der Waals surface area contributed by atoms with Crippen LogP contribution in [-0.2, 0) is 14.3 Å². The Hall–Kier alpha value is -2.60. The van der Waals surface area contributed by atoms with E-state index in [-0.39, 0.29) is 23.2 Å². The minimum absolute atomic E-state index is 0.0514. The van der Waals surface area contributed by atoms with Gasteiger partial charge in [-0.1, -0.05) is 43.6 Å². The van der Waals surface area contributed by atoms with Crippen LogP contribution in [0.3, 0.4) is 0 Å². The highest BCUT2D eigenvalue weighted by molar-refractivity contribution is 6.33. The third kappa shape index (κ3) is 5.96. The van der Waals surface area contributed by atoms with Gasteiger partial charge < -0.3 is 14.8 Å². The molecule has 7 heteroatoms. The fraction of sp³-hybridized carbons (Fsp3) is 0.300. The Morgan fingerprint density at radius 1 is 1.15 bits per heavy atom. The number of amides is 1. The number of hydrogen-bond donors (Lipinski definition) is 1. The predicted octanol–water partition coefficient (Wildman–Crippen LogP) is 4.55. The Kier molecular flexibility index (Phi) is 7.19. The molecule has 0 aromatic heterocycles. The van der Waals surface area contributed by atoms with Gasteiger partial charge in [-0.05, 0) is 42.7 Å². The third-order valence-corrected chi connectivity index (χ3v) is 4.07. The summed E-state index contributed by atoms with van der Waals surface area (Å²) in [5.41, 5.74) is 1.20. The average Bonchev–Trinajstić information content (AvgIpc) is 2.62. The minimum atomic E-state index is -1.07. The molecule has 2 rings (SSSR count). The monoisotopic (exact) mass is 393 g/mol. The van der Waals surface area contributed by atoms with Crippen LogP contribution in [0, 0.1) is 5.82 Å². The van der Waals surface area contributed by atoms with Crippen LogP contribution in [0.25, 0.3) is 0 Å². The molecule has 5 nitrogen and oxygen atoms in total. The molecule has 0 bridgehead atoms. The quantitative estimate of drug-likeness (QED) is 0.701. The Morgan fingerprint density at radius 3 is 2.52 bits per heavy atom. The summed E-state index contributed by atoms with van der Waals surface area (Å²) in [4.78, 5) is 24.1. The molecule has 0 radical (unpaired) electrons. The normalized spacial score (nSPS) is 11.8. The first-order chi connectivity index (χ1) is 12.8. The van der Waals surface area contributed by atoms with Gasteiger partial charge in [0.1, 0.15) is 11.6 Å². The lowest BCUT2D eigenvalue weighted by atomic mass is 10.0. The topological polar surface area (TPSA) is 64.6 Å². The lowest BCUT2D eigenvalue weighted by Crippen LogP contribution is -2.31. The maximum atomic E-state index is 13.0. The van der Waals surface area contributed by atoms with E-state index in [9.17, 15) is 14.0 Å². The Bertz CT molecular complexity index is 825. The highest BCUT2D eigenvalue weighted by atomic mass is 35.5. The molecule has 144 valence electrons. The fourth-order valence-electron chi connectivity index (χ4n) is 2.34. The average molecular weight is 394 g/mol. The first kappa shape index (κ1) is 20.7. The highest BCUT2D eigenvalue weighted by Crippen LogP contribution is 2.26. The first-order valence-corrected chi connectivity index (χ1v) is 8.83. The van der Waals surface area contributed by atoms with Crippen molar-refractivity contribution in [3.8, 4) is 5.75 Å². The molecule has 2 aromatic carbocycles. The fourth-order valence-corrected chi connectivity index (χ4v) is 2.55. The maximum absolute atomic E-state index is 13.0. The largest absolute Gasteiger partial charge is 0.482 e. The molecular weight excluding hydrogens is 373 g/mol. The number of carbonyl (C=O) groups is 2. The number of anilines is 1. The number of halogens is 2. The molecule has 0 fully saturated rings. The molecule has 27 heavy (non-hydrogen) atoms. The summed E-state index contributed by atoms with van der Waals surface area (Å²) in [6.07, 6.45) is -1.07. The summed E-state index contributed by atoms with van der Waals surface area (Å²) in [5, 5.41) is 2.54. The number of ether oxygens (including phenoxy) is 2. The summed E-state index contributed by atoms with van der Waals surface area (Å²) in [6, 6.07) is 11.0. The van der Waals surface area contributed by atoms with E-state index in [4.69, 9.17) is 21.1 Å². The minimum Gasteiger partial charge on any atom is -0.482 e. The molecule has 2 aromatic rings.